The van der Waals surface area contributed by atoms with E-state index in [1.165, 1.54) is 6.07 Å². The lowest BCUT2D eigenvalue weighted by atomic mass is 10.1. The monoisotopic (exact) mass is 271 g/mol. The summed E-state index contributed by atoms with van der Waals surface area (Å²) in [6.07, 6.45) is -3.37. The van der Waals surface area contributed by atoms with Gasteiger partial charge in [0.25, 0.3) is 0 Å². The van der Waals surface area contributed by atoms with Gasteiger partial charge in [-0.1, -0.05) is 0 Å². The van der Waals surface area contributed by atoms with E-state index in [1.807, 2.05) is 6.92 Å². The molecule has 2 rings (SSSR count). The Morgan fingerprint density at radius 3 is 2.42 bits per heavy atom. The van der Waals surface area contributed by atoms with Crippen molar-refractivity contribution in [2.24, 2.45) is 0 Å². The molecule has 0 aliphatic carbocycles. The van der Waals surface area contributed by atoms with Gasteiger partial charge in [0, 0.05) is 11.8 Å². The summed E-state index contributed by atoms with van der Waals surface area (Å²) in [7, 11) is 0. The minimum atomic E-state index is -4.91. The van der Waals surface area contributed by atoms with Gasteiger partial charge in [0.15, 0.2) is 11.6 Å². The molecular formula is C13H9F4NO. The van der Waals surface area contributed by atoms with Crippen LogP contribution in [0.15, 0.2) is 36.5 Å². The summed E-state index contributed by atoms with van der Waals surface area (Å²) >= 11 is 0. The van der Waals surface area contributed by atoms with Crippen molar-refractivity contribution in [3.63, 3.8) is 0 Å². The number of hydrogen-bond donors (Lipinski definition) is 0. The maximum absolute atomic E-state index is 13.5. The molecule has 0 saturated carbocycles. The predicted molar refractivity (Wildman–Crippen MR) is 61.1 cm³/mol. The van der Waals surface area contributed by atoms with Gasteiger partial charge in [-0.05, 0) is 42.8 Å². The average molecular weight is 271 g/mol. The Morgan fingerprint density at radius 1 is 1.11 bits per heavy atom. The first-order valence-corrected chi connectivity index (χ1v) is 5.33. The zero-order valence-electron chi connectivity index (χ0n) is 9.83. The molecule has 0 aliphatic heterocycles. The summed E-state index contributed by atoms with van der Waals surface area (Å²) in [6.45, 7) is 1.84. The van der Waals surface area contributed by atoms with Gasteiger partial charge in [-0.25, -0.2) is 4.39 Å². The van der Waals surface area contributed by atoms with Gasteiger partial charge in [0.05, 0.1) is 5.69 Å². The number of ether oxygens (including phenoxy) is 1. The lowest BCUT2D eigenvalue weighted by molar-refractivity contribution is -0.275. The molecule has 0 aliphatic rings. The molecule has 0 fully saturated rings. The van der Waals surface area contributed by atoms with Crippen LogP contribution in [0.4, 0.5) is 17.6 Å². The summed E-state index contributed by atoms with van der Waals surface area (Å²) in [6, 6.07) is 6.69. The highest BCUT2D eigenvalue weighted by Gasteiger charge is 2.32. The van der Waals surface area contributed by atoms with Crippen LogP contribution in [0.25, 0.3) is 11.3 Å². The highest BCUT2D eigenvalue weighted by molar-refractivity contribution is 5.60. The van der Waals surface area contributed by atoms with Crippen LogP contribution in [-0.4, -0.2) is 11.3 Å². The van der Waals surface area contributed by atoms with Crippen molar-refractivity contribution in [2.45, 2.75) is 13.3 Å². The summed E-state index contributed by atoms with van der Waals surface area (Å²) in [4.78, 5) is 4.03. The minimum Gasteiger partial charge on any atom is -0.403 e. The minimum absolute atomic E-state index is 0.385. The molecule has 100 valence electrons. The Balaban J connectivity index is 2.34. The fourth-order valence-electron chi connectivity index (χ4n) is 1.56. The summed E-state index contributed by atoms with van der Waals surface area (Å²) in [5, 5.41) is 0. The van der Waals surface area contributed by atoms with Crippen LogP contribution < -0.4 is 4.74 Å². The van der Waals surface area contributed by atoms with Gasteiger partial charge >= 0.3 is 6.36 Å². The molecule has 0 radical (unpaired) electrons. The Morgan fingerprint density at radius 2 is 1.84 bits per heavy atom. The van der Waals surface area contributed by atoms with Crippen molar-refractivity contribution in [3.8, 4) is 17.0 Å². The van der Waals surface area contributed by atoms with Gasteiger partial charge in [0.2, 0.25) is 0 Å². The molecule has 0 unspecified atom stereocenters. The van der Waals surface area contributed by atoms with Gasteiger partial charge in [0.1, 0.15) is 0 Å². The molecule has 1 heterocycles. The Hall–Kier alpha value is -2.11. The Labute approximate surface area is 106 Å². The highest BCUT2D eigenvalue weighted by Crippen LogP contribution is 2.29. The summed E-state index contributed by atoms with van der Waals surface area (Å²) in [5.74, 6) is -1.94. The van der Waals surface area contributed by atoms with Crippen LogP contribution in [-0.2, 0) is 0 Å². The number of alkyl halides is 3. The Kier molecular flexibility index (Phi) is 3.42. The van der Waals surface area contributed by atoms with Gasteiger partial charge in [-0.15, -0.1) is 13.2 Å². The van der Waals surface area contributed by atoms with E-state index in [0.29, 0.717) is 11.3 Å². The van der Waals surface area contributed by atoms with Crippen LogP contribution in [0.2, 0.25) is 0 Å². The van der Waals surface area contributed by atoms with Crippen molar-refractivity contribution in [2.75, 3.05) is 0 Å². The molecule has 2 aromatic rings. The summed E-state index contributed by atoms with van der Waals surface area (Å²) < 4.78 is 53.1. The van der Waals surface area contributed by atoms with Crippen LogP contribution in [0, 0.1) is 12.7 Å². The van der Waals surface area contributed by atoms with Crippen molar-refractivity contribution < 1.29 is 22.3 Å². The number of nitrogens with zero attached hydrogens (tertiary/aromatic N) is 1. The molecule has 0 amide bonds. The number of pyridine rings is 1. The second kappa shape index (κ2) is 4.87. The molecule has 0 saturated heterocycles. The van der Waals surface area contributed by atoms with Crippen molar-refractivity contribution in [3.05, 3.63) is 47.9 Å². The first-order valence-electron chi connectivity index (χ1n) is 5.33. The number of aromatic nitrogens is 1. The third-order valence-corrected chi connectivity index (χ3v) is 2.37. The third-order valence-electron chi connectivity index (χ3n) is 2.37. The fourth-order valence-corrected chi connectivity index (χ4v) is 1.56. The molecular weight excluding hydrogens is 262 g/mol. The number of rotatable bonds is 2. The molecule has 1 aromatic carbocycles. The smallest absolute Gasteiger partial charge is 0.403 e. The Bertz CT molecular complexity index is 595. The van der Waals surface area contributed by atoms with E-state index in [4.69, 9.17) is 0 Å². The third kappa shape index (κ3) is 3.43. The lowest BCUT2D eigenvalue weighted by Crippen LogP contribution is -2.17. The quantitative estimate of drug-likeness (QED) is 0.767. The van der Waals surface area contributed by atoms with Gasteiger partial charge in [-0.3, -0.25) is 4.98 Å². The van der Waals surface area contributed by atoms with E-state index in [-0.39, 0.29) is 0 Å². The first kappa shape index (κ1) is 13.3. The normalized spacial score (nSPS) is 11.4. The molecule has 19 heavy (non-hydrogen) atoms. The average Bonchev–Trinajstić information content (AvgIpc) is 2.30. The van der Waals surface area contributed by atoms with Crippen molar-refractivity contribution in [1.29, 1.82) is 0 Å². The zero-order chi connectivity index (χ0) is 14.0. The number of halogens is 4. The van der Waals surface area contributed by atoms with Crippen LogP contribution in [0.1, 0.15) is 5.56 Å². The van der Waals surface area contributed by atoms with Crippen LogP contribution in [0.5, 0.6) is 5.75 Å². The molecule has 0 spiro atoms. The maximum Gasteiger partial charge on any atom is 0.573 e. The molecule has 6 heteroatoms. The highest BCUT2D eigenvalue weighted by atomic mass is 19.4. The number of aryl methyl sites for hydroxylation is 1. The van der Waals surface area contributed by atoms with E-state index in [9.17, 15) is 17.6 Å². The van der Waals surface area contributed by atoms with Crippen molar-refractivity contribution >= 4 is 0 Å². The number of benzene rings is 1. The van der Waals surface area contributed by atoms with E-state index < -0.39 is 17.9 Å². The molecule has 0 bridgehead atoms. The van der Waals surface area contributed by atoms with Gasteiger partial charge in [-0.2, -0.15) is 0 Å². The fraction of sp³-hybridized carbons (Fsp3) is 0.154. The molecule has 2 nitrogen and oxygen atoms in total. The van der Waals surface area contributed by atoms with E-state index in [0.717, 1.165) is 17.7 Å². The maximum atomic E-state index is 13.5. The van der Waals surface area contributed by atoms with Crippen molar-refractivity contribution in [1.82, 2.24) is 4.98 Å². The van der Waals surface area contributed by atoms with E-state index in [1.54, 1.807) is 18.3 Å². The largest absolute Gasteiger partial charge is 0.573 e. The van der Waals surface area contributed by atoms with Crippen LogP contribution in [0.3, 0.4) is 0 Å². The molecule has 0 N–H and O–H groups in total. The predicted octanol–water partition coefficient (Wildman–Crippen LogP) is 4.09. The SMILES string of the molecule is Cc1ccnc(-c2ccc(OC(F)(F)F)c(F)c2)c1. The summed E-state index contributed by atoms with van der Waals surface area (Å²) in [5.41, 5.74) is 1.79. The van der Waals surface area contributed by atoms with E-state index in [2.05, 4.69) is 9.72 Å². The first-order chi connectivity index (χ1) is 8.85. The molecule has 0 atom stereocenters. The molecule has 1 aromatic heterocycles. The zero-order valence-corrected chi connectivity index (χ0v) is 9.83. The topological polar surface area (TPSA) is 22.1 Å². The second-order valence-electron chi connectivity index (χ2n) is 3.91. The van der Waals surface area contributed by atoms with Gasteiger partial charge < -0.3 is 4.74 Å². The second-order valence-corrected chi connectivity index (χ2v) is 3.91. The standard InChI is InChI=1S/C13H9F4NO/c1-8-4-5-18-11(6-8)9-2-3-12(10(14)7-9)19-13(15,16)17/h2-7H,1H3. The number of hydrogen-bond acceptors (Lipinski definition) is 2. The van der Waals surface area contributed by atoms with Crippen LogP contribution >= 0.6 is 0 Å². The van der Waals surface area contributed by atoms with E-state index >= 15 is 0 Å². The lowest BCUT2D eigenvalue weighted by Gasteiger charge is -2.10.